The Morgan fingerprint density at radius 3 is 2.67 bits per heavy atom. The molecule has 1 aromatic rings. The van der Waals surface area contributed by atoms with E-state index in [0.717, 1.165) is 0 Å². The van der Waals surface area contributed by atoms with Crippen molar-refractivity contribution >= 4 is 27.5 Å². The lowest BCUT2D eigenvalue weighted by atomic mass is 10.2. The van der Waals surface area contributed by atoms with Crippen LogP contribution < -0.4 is 0 Å². The molecule has 1 rings (SSSR count). The van der Waals surface area contributed by atoms with E-state index in [0.29, 0.717) is 5.76 Å². The minimum Gasteiger partial charge on any atom is -0.468 e. The normalized spacial score (nSPS) is 12.5. The van der Waals surface area contributed by atoms with Crippen LogP contribution in [0.15, 0.2) is 22.8 Å². The van der Waals surface area contributed by atoms with Crippen molar-refractivity contribution in [3.8, 4) is 0 Å². The molecule has 0 aromatic carbocycles. The molecule has 4 heteroatoms. The summed E-state index contributed by atoms with van der Waals surface area (Å²) >= 11 is 3.07. The van der Waals surface area contributed by atoms with Crippen molar-refractivity contribution in [3.05, 3.63) is 24.2 Å². The van der Waals surface area contributed by atoms with Crippen LogP contribution >= 0.6 is 15.9 Å². The molecule has 0 saturated carbocycles. The third-order valence-electron chi connectivity index (χ3n) is 1.37. The molecule has 0 N–H and O–H groups in total. The van der Waals surface area contributed by atoms with Crippen molar-refractivity contribution < 1.29 is 14.0 Å². The molecule has 1 unspecified atom stereocenters. The lowest BCUT2D eigenvalue weighted by Crippen LogP contribution is -2.14. The SMILES string of the molecule is CC(=O)C(=O)C(Br)c1ccco1. The minimum absolute atomic E-state index is 0.454. The van der Waals surface area contributed by atoms with Gasteiger partial charge in [-0.3, -0.25) is 9.59 Å². The van der Waals surface area contributed by atoms with Gasteiger partial charge in [-0.1, -0.05) is 15.9 Å². The fourth-order valence-corrected chi connectivity index (χ4v) is 1.33. The highest BCUT2D eigenvalue weighted by atomic mass is 79.9. The summed E-state index contributed by atoms with van der Waals surface area (Å²) in [4.78, 5) is 21.1. The van der Waals surface area contributed by atoms with Crippen molar-refractivity contribution in [1.29, 1.82) is 0 Å². The number of ketones is 2. The molecule has 64 valence electrons. The van der Waals surface area contributed by atoms with E-state index < -0.39 is 16.4 Å². The number of hydrogen-bond acceptors (Lipinski definition) is 3. The van der Waals surface area contributed by atoms with Crippen LogP contribution in [0.3, 0.4) is 0 Å². The molecule has 12 heavy (non-hydrogen) atoms. The van der Waals surface area contributed by atoms with Crippen LogP contribution in [0.2, 0.25) is 0 Å². The Morgan fingerprint density at radius 1 is 1.58 bits per heavy atom. The topological polar surface area (TPSA) is 47.3 Å². The second kappa shape index (κ2) is 3.67. The number of carbonyl (C=O) groups excluding carboxylic acids is 2. The molecule has 0 aliphatic heterocycles. The van der Waals surface area contributed by atoms with E-state index in [9.17, 15) is 9.59 Å². The number of hydrogen-bond donors (Lipinski definition) is 0. The molecule has 0 spiro atoms. The number of halogens is 1. The van der Waals surface area contributed by atoms with Crippen LogP contribution in [0.25, 0.3) is 0 Å². The van der Waals surface area contributed by atoms with Crippen LogP contribution in [0.5, 0.6) is 0 Å². The van der Waals surface area contributed by atoms with Gasteiger partial charge in [-0.05, 0) is 12.1 Å². The third-order valence-corrected chi connectivity index (χ3v) is 2.24. The van der Waals surface area contributed by atoms with E-state index in [2.05, 4.69) is 15.9 Å². The average molecular weight is 231 g/mol. The van der Waals surface area contributed by atoms with Crippen LogP contribution in [-0.2, 0) is 9.59 Å². The Kier molecular flexibility index (Phi) is 2.81. The van der Waals surface area contributed by atoms with Gasteiger partial charge in [-0.25, -0.2) is 0 Å². The zero-order chi connectivity index (χ0) is 9.14. The van der Waals surface area contributed by atoms with Crippen molar-refractivity contribution in [2.24, 2.45) is 0 Å². The van der Waals surface area contributed by atoms with E-state index in [1.807, 2.05) is 0 Å². The second-order valence-corrected chi connectivity index (χ2v) is 3.21. The minimum atomic E-state index is -0.648. The molecule has 0 radical (unpaired) electrons. The maximum atomic E-state index is 11.1. The maximum absolute atomic E-state index is 11.1. The molecular weight excluding hydrogens is 224 g/mol. The molecule has 0 saturated heterocycles. The van der Waals surface area contributed by atoms with Crippen molar-refractivity contribution in [3.63, 3.8) is 0 Å². The van der Waals surface area contributed by atoms with Gasteiger partial charge >= 0.3 is 0 Å². The van der Waals surface area contributed by atoms with Gasteiger partial charge in [0.2, 0.25) is 5.78 Å². The third kappa shape index (κ3) is 1.82. The van der Waals surface area contributed by atoms with Gasteiger partial charge in [0, 0.05) is 6.92 Å². The molecule has 0 aliphatic carbocycles. The van der Waals surface area contributed by atoms with Crippen molar-refractivity contribution in [2.75, 3.05) is 0 Å². The Balaban J connectivity index is 2.79. The molecule has 3 nitrogen and oxygen atoms in total. The highest BCUT2D eigenvalue weighted by Gasteiger charge is 2.22. The van der Waals surface area contributed by atoms with Crippen LogP contribution in [0.1, 0.15) is 17.5 Å². The summed E-state index contributed by atoms with van der Waals surface area (Å²) in [6.45, 7) is 1.24. The highest BCUT2D eigenvalue weighted by Crippen LogP contribution is 2.23. The van der Waals surface area contributed by atoms with Gasteiger partial charge in [-0.2, -0.15) is 0 Å². The van der Waals surface area contributed by atoms with Gasteiger partial charge in [-0.15, -0.1) is 0 Å². The summed E-state index contributed by atoms with van der Waals surface area (Å²) in [5.74, 6) is -0.520. The Hall–Kier alpha value is -0.900. The van der Waals surface area contributed by atoms with E-state index in [4.69, 9.17) is 4.42 Å². The fourth-order valence-electron chi connectivity index (χ4n) is 0.743. The van der Waals surface area contributed by atoms with Gasteiger partial charge in [0.1, 0.15) is 10.6 Å². The predicted molar refractivity (Wildman–Crippen MR) is 46.1 cm³/mol. The number of alkyl halides is 1. The van der Waals surface area contributed by atoms with Crippen molar-refractivity contribution in [2.45, 2.75) is 11.8 Å². The summed E-state index contributed by atoms with van der Waals surface area (Å²) in [5.41, 5.74) is 0. The molecule has 0 fully saturated rings. The smallest absolute Gasteiger partial charge is 0.219 e. The summed E-state index contributed by atoms with van der Waals surface area (Å²) in [6, 6.07) is 3.30. The number of carbonyl (C=O) groups is 2. The first-order chi connectivity index (χ1) is 5.63. The first-order valence-electron chi connectivity index (χ1n) is 3.35. The Labute approximate surface area is 77.9 Å². The molecule has 0 aliphatic rings. The molecule has 1 heterocycles. The Morgan fingerprint density at radius 2 is 2.25 bits per heavy atom. The Bertz CT molecular complexity index is 289. The van der Waals surface area contributed by atoms with E-state index in [-0.39, 0.29) is 0 Å². The molecule has 0 bridgehead atoms. The number of Topliss-reactive ketones (excluding diaryl/α,β-unsaturated/α-hetero) is 2. The predicted octanol–water partition coefficient (Wildman–Crippen LogP) is 1.87. The van der Waals surface area contributed by atoms with Crippen LogP contribution in [0.4, 0.5) is 0 Å². The summed E-state index contributed by atoms with van der Waals surface area (Å²) in [5, 5.41) is 0. The summed E-state index contributed by atoms with van der Waals surface area (Å²) in [6.07, 6.45) is 1.46. The number of rotatable bonds is 3. The first-order valence-corrected chi connectivity index (χ1v) is 4.26. The summed E-state index contributed by atoms with van der Waals surface area (Å²) < 4.78 is 4.95. The van der Waals surface area contributed by atoms with E-state index in [1.165, 1.54) is 13.2 Å². The zero-order valence-electron chi connectivity index (χ0n) is 6.41. The first kappa shape index (κ1) is 9.19. The van der Waals surface area contributed by atoms with Gasteiger partial charge in [0.25, 0.3) is 0 Å². The van der Waals surface area contributed by atoms with Crippen molar-refractivity contribution in [1.82, 2.24) is 0 Å². The van der Waals surface area contributed by atoms with Gasteiger partial charge in [0.05, 0.1) is 6.26 Å². The quantitative estimate of drug-likeness (QED) is 0.589. The lowest BCUT2D eigenvalue weighted by molar-refractivity contribution is -0.135. The highest BCUT2D eigenvalue weighted by molar-refractivity contribution is 9.09. The molecular formula is C8H7BrO3. The van der Waals surface area contributed by atoms with E-state index in [1.54, 1.807) is 12.1 Å². The monoisotopic (exact) mass is 230 g/mol. The van der Waals surface area contributed by atoms with E-state index >= 15 is 0 Å². The molecule has 1 aromatic heterocycles. The summed E-state index contributed by atoms with van der Waals surface area (Å²) in [7, 11) is 0. The standard InChI is InChI=1S/C8H7BrO3/c1-5(10)8(11)7(9)6-3-2-4-12-6/h2-4,7H,1H3. The van der Waals surface area contributed by atoms with Crippen LogP contribution in [-0.4, -0.2) is 11.6 Å². The lowest BCUT2D eigenvalue weighted by Gasteiger charge is -2.00. The van der Waals surface area contributed by atoms with Crippen LogP contribution in [0, 0.1) is 0 Å². The second-order valence-electron chi connectivity index (χ2n) is 2.30. The average Bonchev–Trinajstić information content (AvgIpc) is 2.53. The number of furan rings is 1. The molecule has 0 amide bonds. The zero-order valence-corrected chi connectivity index (χ0v) is 8.00. The largest absolute Gasteiger partial charge is 0.468 e. The maximum Gasteiger partial charge on any atom is 0.219 e. The van der Waals surface area contributed by atoms with Gasteiger partial charge < -0.3 is 4.42 Å². The van der Waals surface area contributed by atoms with Gasteiger partial charge in [0.15, 0.2) is 5.78 Å². The fraction of sp³-hybridized carbons (Fsp3) is 0.250. The molecule has 1 atom stereocenters.